The van der Waals surface area contributed by atoms with Gasteiger partial charge in [-0.05, 0) is 72.0 Å². The Hall–Kier alpha value is -4.51. The van der Waals surface area contributed by atoms with Gasteiger partial charge in [0.05, 0.1) is 0 Å². The molecule has 5 heteroatoms. The standard InChI is InChI=1S/C34H24NS2.C12H10N.Ir/c1-2-10-21(11-3-1)26-20-23(18-19-35-26)30-29(22-12-4-5-13-22)33-31(24-14-6-8-16-27(24)36-33)32-25-15-7-9-17-28(25)37-34(30)32;1-10-7-8-12(13-9-10)11-5-3-2-4-6-11;/h1-3,6-10,14-20,22H,4-5,12-13H2;2-5,7-9H,1H3;/q2*-1;. The predicted octanol–water partition coefficient (Wildman–Crippen LogP) is 13.5. The van der Waals surface area contributed by atoms with E-state index in [2.05, 4.69) is 96.0 Å². The fraction of sp³-hybridized carbons (Fsp3) is 0.130. The molecule has 0 saturated heterocycles. The van der Waals surface area contributed by atoms with Crippen LogP contribution in [-0.4, -0.2) is 9.97 Å². The van der Waals surface area contributed by atoms with E-state index in [0.717, 1.165) is 22.5 Å². The molecule has 0 aliphatic heterocycles. The number of pyridine rings is 2. The first-order valence-electron chi connectivity index (χ1n) is 17.3. The molecule has 1 fully saturated rings. The molecule has 5 aromatic carbocycles. The summed E-state index contributed by atoms with van der Waals surface area (Å²) in [5.74, 6) is 0.597. The number of thiophene rings is 2. The number of fused-ring (bicyclic) bond motifs is 7. The number of hydrogen-bond donors (Lipinski definition) is 0. The Bertz CT molecular complexity index is 2600. The molecule has 0 amide bonds. The smallest absolute Gasteiger partial charge is 0.0443 e. The van der Waals surface area contributed by atoms with Gasteiger partial charge in [-0.25, -0.2) is 0 Å². The fourth-order valence-electron chi connectivity index (χ4n) is 7.55. The maximum absolute atomic E-state index is 4.76. The Balaban J connectivity index is 0.000000226. The summed E-state index contributed by atoms with van der Waals surface area (Å²) in [7, 11) is 0. The van der Waals surface area contributed by atoms with Gasteiger partial charge in [0, 0.05) is 78.4 Å². The van der Waals surface area contributed by atoms with Crippen LogP contribution >= 0.6 is 22.7 Å². The van der Waals surface area contributed by atoms with Crippen molar-refractivity contribution in [1.82, 2.24) is 9.97 Å². The van der Waals surface area contributed by atoms with Gasteiger partial charge in [0.2, 0.25) is 0 Å². The van der Waals surface area contributed by atoms with Crippen molar-refractivity contribution >= 4 is 63.0 Å². The molecule has 1 aliphatic carbocycles. The molecule has 0 atom stereocenters. The average Bonchev–Trinajstić information content (AvgIpc) is 3.94. The largest absolute Gasteiger partial charge is 0.305 e. The van der Waals surface area contributed by atoms with Gasteiger partial charge >= 0.3 is 0 Å². The number of nitrogens with zero attached hydrogens (tertiary/aromatic N) is 2. The zero-order valence-electron chi connectivity index (χ0n) is 28.2. The van der Waals surface area contributed by atoms with Crippen molar-refractivity contribution in [2.45, 2.75) is 38.5 Å². The van der Waals surface area contributed by atoms with Gasteiger partial charge in [-0.2, -0.15) is 0 Å². The van der Waals surface area contributed by atoms with Crippen LogP contribution in [0, 0.1) is 19.1 Å². The molecule has 1 aliphatic rings. The summed E-state index contributed by atoms with van der Waals surface area (Å²) in [5, 5.41) is 5.66. The third-order valence-corrected chi connectivity index (χ3v) is 12.3. The molecule has 251 valence electrons. The van der Waals surface area contributed by atoms with E-state index < -0.39 is 0 Å². The van der Waals surface area contributed by atoms with Crippen molar-refractivity contribution in [2.75, 3.05) is 0 Å². The summed E-state index contributed by atoms with van der Waals surface area (Å²) >= 11 is 3.96. The average molecular weight is 871 g/mol. The van der Waals surface area contributed by atoms with Crippen LogP contribution in [0.2, 0.25) is 0 Å². The second-order valence-electron chi connectivity index (χ2n) is 13.1. The number of hydrogen-bond acceptors (Lipinski definition) is 4. The van der Waals surface area contributed by atoms with Crippen LogP contribution in [0.4, 0.5) is 0 Å². The summed E-state index contributed by atoms with van der Waals surface area (Å²) in [6, 6.07) is 49.1. The van der Waals surface area contributed by atoms with E-state index in [1.165, 1.54) is 82.7 Å². The van der Waals surface area contributed by atoms with Gasteiger partial charge in [0.15, 0.2) is 0 Å². The molecule has 0 bridgehead atoms. The van der Waals surface area contributed by atoms with Crippen LogP contribution in [0.5, 0.6) is 0 Å². The van der Waals surface area contributed by atoms with E-state index in [4.69, 9.17) is 4.98 Å². The maximum atomic E-state index is 4.76. The third kappa shape index (κ3) is 6.34. The van der Waals surface area contributed by atoms with Crippen molar-refractivity contribution in [3.05, 3.63) is 157 Å². The Morgan fingerprint density at radius 1 is 0.627 bits per heavy atom. The second-order valence-corrected chi connectivity index (χ2v) is 15.2. The number of benzene rings is 5. The quantitative estimate of drug-likeness (QED) is 0.165. The summed E-state index contributed by atoms with van der Waals surface area (Å²) < 4.78 is 5.67. The molecular weight excluding hydrogens is 837 g/mol. The zero-order valence-corrected chi connectivity index (χ0v) is 32.2. The van der Waals surface area contributed by atoms with Gasteiger partial charge in [0.1, 0.15) is 0 Å². The summed E-state index contributed by atoms with van der Waals surface area (Å²) in [6.45, 7) is 2.03. The number of aryl methyl sites for hydroxylation is 1. The van der Waals surface area contributed by atoms with Gasteiger partial charge < -0.3 is 9.97 Å². The molecule has 2 nitrogen and oxygen atoms in total. The van der Waals surface area contributed by atoms with E-state index in [1.54, 1.807) is 5.56 Å². The van der Waals surface area contributed by atoms with Crippen molar-refractivity contribution in [3.63, 3.8) is 0 Å². The van der Waals surface area contributed by atoms with Gasteiger partial charge in [-0.1, -0.05) is 67.4 Å². The molecule has 4 aromatic heterocycles. The van der Waals surface area contributed by atoms with Crippen LogP contribution in [0.25, 0.3) is 74.0 Å². The molecule has 51 heavy (non-hydrogen) atoms. The fourth-order valence-corrected chi connectivity index (χ4v) is 10.2. The molecule has 1 radical (unpaired) electrons. The number of aromatic nitrogens is 2. The van der Waals surface area contributed by atoms with Crippen LogP contribution in [0.15, 0.2) is 134 Å². The SMILES string of the molecule is Cc1ccc(-c2[c-]cccc2)nc1.[Ir].[c-]1ccccc1-c1cc(-c2c(C3CCCC3)c3sc4ccccc4c3c3c2sc2ccccc23)ccn1. The maximum Gasteiger partial charge on any atom is 0.0443 e. The first kappa shape index (κ1) is 33.6. The first-order valence-corrected chi connectivity index (χ1v) is 19.0. The van der Waals surface area contributed by atoms with E-state index in [1.807, 2.05) is 84.5 Å². The molecule has 10 rings (SSSR count). The van der Waals surface area contributed by atoms with Crippen LogP contribution in [-0.2, 0) is 20.1 Å². The normalized spacial score (nSPS) is 13.0. The van der Waals surface area contributed by atoms with E-state index in [0.29, 0.717) is 5.92 Å². The second kappa shape index (κ2) is 14.6. The van der Waals surface area contributed by atoms with Crippen LogP contribution < -0.4 is 0 Å². The number of rotatable bonds is 4. The first-order chi connectivity index (χ1) is 24.7. The Morgan fingerprint density at radius 3 is 1.86 bits per heavy atom. The van der Waals surface area contributed by atoms with E-state index in [-0.39, 0.29) is 20.1 Å². The Kier molecular flexibility index (Phi) is 9.64. The van der Waals surface area contributed by atoms with Gasteiger partial charge in [-0.3, -0.25) is 0 Å². The molecule has 4 heterocycles. The van der Waals surface area contributed by atoms with Crippen LogP contribution in [0.1, 0.15) is 42.7 Å². The van der Waals surface area contributed by atoms with E-state index in [9.17, 15) is 0 Å². The van der Waals surface area contributed by atoms with E-state index >= 15 is 0 Å². The van der Waals surface area contributed by atoms with Crippen molar-refractivity contribution in [3.8, 4) is 33.6 Å². The minimum atomic E-state index is 0. The minimum absolute atomic E-state index is 0. The summed E-state index contributed by atoms with van der Waals surface area (Å²) in [6.07, 6.45) is 9.05. The van der Waals surface area contributed by atoms with Crippen molar-refractivity contribution in [2.24, 2.45) is 0 Å². The van der Waals surface area contributed by atoms with Gasteiger partial charge in [0.25, 0.3) is 0 Å². The molecule has 0 N–H and O–H groups in total. The monoisotopic (exact) mass is 871 g/mol. The summed E-state index contributed by atoms with van der Waals surface area (Å²) in [4.78, 5) is 9.07. The molecule has 0 unspecified atom stereocenters. The van der Waals surface area contributed by atoms with Gasteiger partial charge in [-0.15, -0.1) is 94.5 Å². The zero-order chi connectivity index (χ0) is 33.4. The molecule has 0 spiro atoms. The third-order valence-electron chi connectivity index (χ3n) is 9.88. The van der Waals surface area contributed by atoms with Crippen molar-refractivity contribution in [1.29, 1.82) is 0 Å². The van der Waals surface area contributed by atoms with Crippen molar-refractivity contribution < 1.29 is 20.1 Å². The Morgan fingerprint density at radius 2 is 1.24 bits per heavy atom. The topological polar surface area (TPSA) is 25.8 Å². The Labute approximate surface area is 320 Å². The molecule has 9 aromatic rings. The summed E-state index contributed by atoms with van der Waals surface area (Å²) in [5.41, 5.74) is 9.51. The van der Waals surface area contributed by atoms with Crippen LogP contribution in [0.3, 0.4) is 0 Å². The predicted molar refractivity (Wildman–Crippen MR) is 214 cm³/mol. The molecule has 1 saturated carbocycles. The minimum Gasteiger partial charge on any atom is -0.305 e. The molecular formula is C46H34IrN2S2-2.